The summed E-state index contributed by atoms with van der Waals surface area (Å²) in [5, 5.41) is 21.3. The molecule has 1 aliphatic rings. The van der Waals surface area contributed by atoms with Gasteiger partial charge in [-0.05, 0) is 36.1 Å². The number of nitro groups is 1. The fraction of sp³-hybridized carbons (Fsp3) is 0.316. The summed E-state index contributed by atoms with van der Waals surface area (Å²) < 4.78 is 0. The van der Waals surface area contributed by atoms with Gasteiger partial charge in [-0.25, -0.2) is 0 Å². The number of benzene rings is 2. The molecule has 6 nitrogen and oxygen atoms in total. The first-order valence-electron chi connectivity index (χ1n) is 8.31. The van der Waals surface area contributed by atoms with Crippen LogP contribution in [0.1, 0.15) is 30.1 Å². The van der Waals surface area contributed by atoms with Crippen LogP contribution in [0.3, 0.4) is 0 Å². The molecule has 0 radical (unpaired) electrons. The Morgan fingerprint density at radius 2 is 1.84 bits per heavy atom. The van der Waals surface area contributed by atoms with Crippen molar-refractivity contribution in [2.45, 2.75) is 25.5 Å². The fourth-order valence-corrected chi connectivity index (χ4v) is 3.25. The molecule has 1 fully saturated rings. The predicted molar refractivity (Wildman–Crippen MR) is 92.6 cm³/mol. The number of nitro benzene ring substituents is 1. The molecule has 2 aromatic rings. The summed E-state index contributed by atoms with van der Waals surface area (Å²) in [5.41, 5.74) is 1.56. The van der Waals surface area contributed by atoms with E-state index in [2.05, 4.69) is 0 Å². The molecule has 2 aromatic carbocycles. The fourth-order valence-electron chi connectivity index (χ4n) is 3.25. The van der Waals surface area contributed by atoms with Gasteiger partial charge in [-0.15, -0.1) is 0 Å². The maximum Gasteiger partial charge on any atom is 0.269 e. The Morgan fingerprint density at radius 1 is 1.16 bits per heavy atom. The number of non-ortho nitro benzene ring substituents is 1. The van der Waals surface area contributed by atoms with Gasteiger partial charge in [0.05, 0.1) is 16.9 Å². The molecule has 0 spiro atoms. The maximum absolute atomic E-state index is 12.8. The van der Waals surface area contributed by atoms with Gasteiger partial charge in [-0.1, -0.05) is 30.3 Å². The van der Waals surface area contributed by atoms with Crippen molar-refractivity contribution in [3.8, 4) is 0 Å². The van der Waals surface area contributed by atoms with Crippen molar-refractivity contribution < 1.29 is 14.8 Å². The van der Waals surface area contributed by atoms with Crippen molar-refractivity contribution >= 4 is 11.6 Å². The molecule has 0 aliphatic carbocycles. The molecule has 0 bridgehead atoms. The van der Waals surface area contributed by atoms with Gasteiger partial charge in [0.25, 0.3) is 5.69 Å². The van der Waals surface area contributed by atoms with E-state index < -0.39 is 16.9 Å². The average molecular weight is 340 g/mol. The molecule has 1 amide bonds. The van der Waals surface area contributed by atoms with Gasteiger partial charge < -0.3 is 10.0 Å². The van der Waals surface area contributed by atoms with Crippen LogP contribution < -0.4 is 0 Å². The van der Waals surface area contributed by atoms with Gasteiger partial charge in [-0.2, -0.15) is 0 Å². The number of rotatable bonds is 5. The van der Waals surface area contributed by atoms with Crippen molar-refractivity contribution in [1.82, 2.24) is 4.90 Å². The van der Waals surface area contributed by atoms with E-state index in [1.54, 1.807) is 4.90 Å². The number of nitrogens with zero attached hydrogens (tertiary/aromatic N) is 2. The molecule has 1 saturated heterocycles. The lowest BCUT2D eigenvalue weighted by atomic mass is 9.87. The zero-order chi connectivity index (χ0) is 17.8. The topological polar surface area (TPSA) is 83.7 Å². The van der Waals surface area contributed by atoms with Gasteiger partial charge in [0.2, 0.25) is 5.91 Å². The molecule has 1 N–H and O–H groups in total. The van der Waals surface area contributed by atoms with Crippen molar-refractivity contribution in [2.24, 2.45) is 5.92 Å². The second kappa shape index (κ2) is 7.44. The highest BCUT2D eigenvalue weighted by molar-refractivity contribution is 5.80. The molecule has 2 unspecified atom stereocenters. The Labute approximate surface area is 145 Å². The minimum atomic E-state index is -0.952. The Balaban J connectivity index is 1.72. The van der Waals surface area contributed by atoms with E-state index in [4.69, 9.17) is 0 Å². The highest BCUT2D eigenvalue weighted by Crippen LogP contribution is 2.32. The van der Waals surface area contributed by atoms with E-state index in [1.165, 1.54) is 24.3 Å². The molecule has 6 heteroatoms. The van der Waals surface area contributed by atoms with E-state index in [1.807, 2.05) is 30.3 Å². The quantitative estimate of drug-likeness (QED) is 0.670. The van der Waals surface area contributed by atoms with E-state index >= 15 is 0 Å². The largest absolute Gasteiger partial charge is 0.388 e. The van der Waals surface area contributed by atoms with E-state index in [0.29, 0.717) is 25.1 Å². The first-order chi connectivity index (χ1) is 12.1. The molecule has 1 heterocycles. The normalized spacial score (nSPS) is 18.8. The number of hydrogen-bond acceptors (Lipinski definition) is 4. The van der Waals surface area contributed by atoms with Gasteiger partial charge >= 0.3 is 0 Å². The number of aliphatic hydroxyl groups is 1. The number of carbonyl (C=O) groups excluding carboxylic acids is 1. The van der Waals surface area contributed by atoms with Crippen LogP contribution in [-0.2, 0) is 11.3 Å². The lowest BCUT2D eigenvalue weighted by molar-refractivity contribution is -0.384. The van der Waals surface area contributed by atoms with E-state index in [0.717, 1.165) is 12.0 Å². The summed E-state index contributed by atoms with van der Waals surface area (Å²) in [6, 6.07) is 15.5. The smallest absolute Gasteiger partial charge is 0.269 e. The average Bonchev–Trinajstić information content (AvgIpc) is 2.64. The third kappa shape index (κ3) is 3.85. The SMILES string of the molecule is O=C1C(C(O)c2ccc([N+](=O)[O-])cc2)CCCN1Cc1ccccc1. The minimum Gasteiger partial charge on any atom is -0.388 e. The number of amides is 1. The van der Waals surface area contributed by atoms with Gasteiger partial charge in [0, 0.05) is 25.2 Å². The Kier molecular flexibility index (Phi) is 5.09. The van der Waals surface area contributed by atoms with Crippen molar-refractivity contribution in [3.05, 3.63) is 75.8 Å². The Morgan fingerprint density at radius 3 is 2.48 bits per heavy atom. The summed E-state index contributed by atoms with van der Waals surface area (Å²) in [6.45, 7) is 1.21. The molecule has 2 atom stereocenters. The highest BCUT2D eigenvalue weighted by atomic mass is 16.6. The monoisotopic (exact) mass is 340 g/mol. The lowest BCUT2D eigenvalue weighted by Gasteiger charge is -2.34. The van der Waals surface area contributed by atoms with Crippen LogP contribution in [0.4, 0.5) is 5.69 Å². The van der Waals surface area contributed by atoms with Crippen LogP contribution in [0.2, 0.25) is 0 Å². The van der Waals surface area contributed by atoms with E-state index in [-0.39, 0.29) is 11.6 Å². The molecule has 1 aliphatic heterocycles. The van der Waals surface area contributed by atoms with Crippen molar-refractivity contribution in [1.29, 1.82) is 0 Å². The first-order valence-corrected chi connectivity index (χ1v) is 8.31. The van der Waals surface area contributed by atoms with Crippen molar-refractivity contribution in [3.63, 3.8) is 0 Å². The third-order valence-corrected chi connectivity index (χ3v) is 4.61. The van der Waals surface area contributed by atoms with Crippen LogP contribution in [-0.4, -0.2) is 27.4 Å². The molecule has 130 valence electrons. The van der Waals surface area contributed by atoms with Crippen LogP contribution >= 0.6 is 0 Å². The van der Waals surface area contributed by atoms with Crippen molar-refractivity contribution in [2.75, 3.05) is 6.54 Å². The second-order valence-corrected chi connectivity index (χ2v) is 6.29. The Bertz CT molecular complexity index is 746. The molecular formula is C19H20N2O4. The van der Waals surface area contributed by atoms with Gasteiger partial charge in [0.1, 0.15) is 0 Å². The van der Waals surface area contributed by atoms with Crippen LogP contribution in [0.25, 0.3) is 0 Å². The van der Waals surface area contributed by atoms with Gasteiger partial charge in [-0.3, -0.25) is 14.9 Å². The zero-order valence-electron chi connectivity index (χ0n) is 13.7. The molecule has 0 aromatic heterocycles. The highest BCUT2D eigenvalue weighted by Gasteiger charge is 2.34. The Hall–Kier alpha value is -2.73. The molecule has 3 rings (SSSR count). The maximum atomic E-state index is 12.8. The van der Waals surface area contributed by atoms with Gasteiger partial charge in [0.15, 0.2) is 0 Å². The predicted octanol–water partition coefficient (Wildman–Crippen LogP) is 3.07. The van der Waals surface area contributed by atoms with Crippen LogP contribution in [0.5, 0.6) is 0 Å². The summed E-state index contributed by atoms with van der Waals surface area (Å²) in [5.74, 6) is -0.583. The zero-order valence-corrected chi connectivity index (χ0v) is 13.7. The number of likely N-dealkylation sites (tertiary alicyclic amines) is 1. The minimum absolute atomic E-state index is 0.0309. The third-order valence-electron chi connectivity index (χ3n) is 4.61. The standard InChI is InChI=1S/C19H20N2O4/c22-18(15-8-10-16(11-9-15)21(24)25)17-7-4-12-20(19(17)23)13-14-5-2-1-3-6-14/h1-3,5-6,8-11,17-18,22H,4,7,12-13H2. The first kappa shape index (κ1) is 17.1. The lowest BCUT2D eigenvalue weighted by Crippen LogP contribution is -2.42. The molecule has 25 heavy (non-hydrogen) atoms. The summed E-state index contributed by atoms with van der Waals surface area (Å²) >= 11 is 0. The molecule has 0 saturated carbocycles. The summed E-state index contributed by atoms with van der Waals surface area (Å²) in [7, 11) is 0. The number of aliphatic hydroxyl groups excluding tert-OH is 1. The summed E-state index contributed by atoms with van der Waals surface area (Å²) in [4.78, 5) is 24.8. The number of piperidine rings is 1. The molecular weight excluding hydrogens is 320 g/mol. The van der Waals surface area contributed by atoms with E-state index in [9.17, 15) is 20.0 Å². The number of carbonyl (C=O) groups is 1. The number of hydrogen-bond donors (Lipinski definition) is 1. The second-order valence-electron chi connectivity index (χ2n) is 6.29. The van der Waals surface area contributed by atoms with Crippen LogP contribution in [0.15, 0.2) is 54.6 Å². The van der Waals surface area contributed by atoms with Crippen LogP contribution in [0, 0.1) is 16.0 Å². The summed E-state index contributed by atoms with van der Waals surface area (Å²) in [6.07, 6.45) is 0.488.